The Kier molecular flexibility index (Phi) is 4.42. The van der Waals surface area contributed by atoms with E-state index in [4.69, 9.17) is 18.0 Å². The van der Waals surface area contributed by atoms with Crippen molar-refractivity contribution in [1.29, 1.82) is 0 Å². The lowest BCUT2D eigenvalue weighted by Gasteiger charge is -2.07. The van der Waals surface area contributed by atoms with Gasteiger partial charge >= 0.3 is 0 Å². The van der Waals surface area contributed by atoms with Gasteiger partial charge in [-0.25, -0.2) is 18.1 Å². The third-order valence-electron chi connectivity index (χ3n) is 2.52. The van der Waals surface area contributed by atoms with Crippen molar-refractivity contribution in [2.24, 2.45) is 5.73 Å². The molecule has 9 heteroatoms. The second-order valence-corrected chi connectivity index (χ2v) is 6.15. The van der Waals surface area contributed by atoms with Gasteiger partial charge in [-0.05, 0) is 12.1 Å². The summed E-state index contributed by atoms with van der Waals surface area (Å²) in [6.45, 7) is 0.757. The van der Waals surface area contributed by atoms with E-state index in [0.717, 1.165) is 0 Å². The normalized spacial score (nSPS) is 11.4. The summed E-state index contributed by atoms with van der Waals surface area (Å²) in [6, 6.07) is 2.90. The number of nitrogens with two attached hydrogens (primary N) is 1. The van der Waals surface area contributed by atoms with Gasteiger partial charge in [-0.3, -0.25) is 4.98 Å². The topological polar surface area (TPSA) is 103 Å². The third kappa shape index (κ3) is 3.59. The highest BCUT2D eigenvalue weighted by Crippen LogP contribution is 2.07. The molecule has 0 atom stereocenters. The minimum Gasteiger partial charge on any atom is -0.388 e. The Bertz CT molecular complexity index is 680. The summed E-state index contributed by atoms with van der Waals surface area (Å²) in [4.78, 5) is 7.97. The number of hydrogen-bond acceptors (Lipinski definition) is 5. The van der Waals surface area contributed by atoms with Crippen molar-refractivity contribution in [2.75, 3.05) is 6.54 Å². The van der Waals surface area contributed by atoms with Crippen LogP contribution in [0.3, 0.4) is 0 Å². The van der Waals surface area contributed by atoms with Crippen molar-refractivity contribution >= 4 is 27.2 Å². The summed E-state index contributed by atoms with van der Waals surface area (Å²) in [7, 11) is -3.59. The van der Waals surface area contributed by atoms with Gasteiger partial charge in [-0.15, -0.1) is 0 Å². The average Bonchev–Trinajstić information content (AvgIpc) is 2.92. The number of rotatable bonds is 6. The van der Waals surface area contributed by atoms with Gasteiger partial charge in [0, 0.05) is 31.7 Å². The summed E-state index contributed by atoms with van der Waals surface area (Å²) >= 11 is 4.76. The van der Waals surface area contributed by atoms with Gasteiger partial charge in [0.05, 0.1) is 12.0 Å². The molecule has 0 saturated heterocycles. The Morgan fingerprint density at radius 1 is 1.45 bits per heavy atom. The molecule has 20 heavy (non-hydrogen) atoms. The minimum atomic E-state index is -3.59. The van der Waals surface area contributed by atoms with Crippen molar-refractivity contribution in [3.63, 3.8) is 0 Å². The zero-order valence-electron chi connectivity index (χ0n) is 10.4. The largest absolute Gasteiger partial charge is 0.388 e. The van der Waals surface area contributed by atoms with E-state index in [-0.39, 0.29) is 16.4 Å². The van der Waals surface area contributed by atoms with E-state index in [9.17, 15) is 8.42 Å². The maximum atomic E-state index is 12.0. The van der Waals surface area contributed by atoms with Gasteiger partial charge < -0.3 is 10.3 Å². The maximum Gasteiger partial charge on any atom is 0.242 e. The molecule has 0 spiro atoms. The fourth-order valence-electron chi connectivity index (χ4n) is 1.50. The molecular weight excluding hydrogens is 298 g/mol. The Morgan fingerprint density at radius 3 is 2.80 bits per heavy atom. The number of nitrogens with zero attached hydrogens (tertiary/aromatic N) is 3. The molecule has 0 aliphatic rings. The van der Waals surface area contributed by atoms with Gasteiger partial charge in [0.2, 0.25) is 10.0 Å². The molecule has 2 heterocycles. The van der Waals surface area contributed by atoms with Gasteiger partial charge in [-0.1, -0.05) is 12.2 Å². The molecular formula is C11H13N5O2S2. The number of imidazole rings is 1. The van der Waals surface area contributed by atoms with E-state index in [1.807, 2.05) is 0 Å². The van der Waals surface area contributed by atoms with Crippen LogP contribution < -0.4 is 10.5 Å². The summed E-state index contributed by atoms with van der Waals surface area (Å²) < 4.78 is 28.3. The van der Waals surface area contributed by atoms with E-state index in [1.165, 1.54) is 18.3 Å². The molecule has 0 aliphatic carbocycles. The molecule has 0 saturated carbocycles. The maximum absolute atomic E-state index is 12.0. The fraction of sp³-hybridized carbons (Fsp3) is 0.182. The molecule has 106 valence electrons. The van der Waals surface area contributed by atoms with Gasteiger partial charge in [0.25, 0.3) is 0 Å². The Balaban J connectivity index is 2.00. The van der Waals surface area contributed by atoms with Crippen LogP contribution in [0.25, 0.3) is 0 Å². The first kappa shape index (κ1) is 14.6. The van der Waals surface area contributed by atoms with Crippen molar-refractivity contribution in [2.45, 2.75) is 11.4 Å². The van der Waals surface area contributed by atoms with Gasteiger partial charge in [0.15, 0.2) is 0 Å². The van der Waals surface area contributed by atoms with Crippen molar-refractivity contribution in [3.8, 4) is 0 Å². The van der Waals surface area contributed by atoms with Crippen LogP contribution in [0, 0.1) is 0 Å². The number of sulfonamides is 1. The predicted octanol–water partition coefficient (Wildman–Crippen LogP) is -0.109. The molecule has 0 unspecified atom stereocenters. The van der Waals surface area contributed by atoms with Crippen molar-refractivity contribution in [3.05, 3.63) is 42.7 Å². The minimum absolute atomic E-state index is 0.0723. The number of aromatic nitrogens is 3. The number of hydrogen-bond donors (Lipinski definition) is 2. The molecule has 0 bridgehead atoms. The lowest BCUT2D eigenvalue weighted by Crippen LogP contribution is -2.27. The highest BCUT2D eigenvalue weighted by atomic mass is 32.2. The molecule has 2 aromatic heterocycles. The van der Waals surface area contributed by atoms with Crippen LogP contribution in [0.1, 0.15) is 5.69 Å². The third-order valence-corrected chi connectivity index (χ3v) is 4.18. The monoisotopic (exact) mass is 311 g/mol. The first-order valence-electron chi connectivity index (χ1n) is 5.70. The lowest BCUT2D eigenvalue weighted by molar-refractivity contribution is 0.572. The summed E-state index contributed by atoms with van der Waals surface area (Å²) in [5.74, 6) is 0. The quantitative estimate of drug-likeness (QED) is 0.722. The highest BCUT2D eigenvalue weighted by molar-refractivity contribution is 7.89. The summed E-state index contributed by atoms with van der Waals surface area (Å²) in [5, 5.41) is 0. The Labute approximate surface area is 121 Å². The van der Waals surface area contributed by atoms with Crippen molar-refractivity contribution < 1.29 is 8.42 Å². The molecule has 2 rings (SSSR count). The Hall–Kier alpha value is -1.84. The summed E-state index contributed by atoms with van der Waals surface area (Å²) in [5.41, 5.74) is 5.79. The SMILES string of the molecule is NC(=S)c1ccc(S(=O)(=O)NCCn2ccnc2)cn1. The van der Waals surface area contributed by atoms with Gasteiger partial charge in [-0.2, -0.15) is 0 Å². The number of thiocarbonyl (C=S) groups is 1. The van der Waals surface area contributed by atoms with Crippen LogP contribution >= 0.6 is 12.2 Å². The van der Waals surface area contributed by atoms with Crippen molar-refractivity contribution in [1.82, 2.24) is 19.3 Å². The van der Waals surface area contributed by atoms with E-state index in [1.54, 1.807) is 23.3 Å². The van der Waals surface area contributed by atoms with Crippen LogP contribution in [0.2, 0.25) is 0 Å². The average molecular weight is 311 g/mol. The van der Waals surface area contributed by atoms with E-state index in [0.29, 0.717) is 12.2 Å². The second kappa shape index (κ2) is 6.07. The molecule has 3 N–H and O–H groups in total. The first-order valence-corrected chi connectivity index (χ1v) is 7.59. The smallest absolute Gasteiger partial charge is 0.242 e. The molecule has 0 aliphatic heterocycles. The lowest BCUT2D eigenvalue weighted by atomic mass is 10.3. The van der Waals surface area contributed by atoms with Crippen LogP contribution in [-0.4, -0.2) is 34.5 Å². The predicted molar refractivity (Wildman–Crippen MR) is 77.5 cm³/mol. The zero-order valence-corrected chi connectivity index (χ0v) is 12.1. The highest BCUT2D eigenvalue weighted by Gasteiger charge is 2.14. The van der Waals surface area contributed by atoms with Crippen LogP contribution in [0.15, 0.2) is 41.9 Å². The van der Waals surface area contributed by atoms with E-state index in [2.05, 4.69) is 14.7 Å². The Morgan fingerprint density at radius 2 is 2.25 bits per heavy atom. The molecule has 0 radical (unpaired) electrons. The van der Waals surface area contributed by atoms with E-state index < -0.39 is 10.0 Å². The molecule has 2 aromatic rings. The first-order chi connectivity index (χ1) is 9.49. The van der Waals surface area contributed by atoms with Crippen LogP contribution in [0.5, 0.6) is 0 Å². The molecule has 0 aromatic carbocycles. The van der Waals surface area contributed by atoms with Crippen LogP contribution in [-0.2, 0) is 16.6 Å². The molecule has 7 nitrogen and oxygen atoms in total. The summed E-state index contributed by atoms with van der Waals surface area (Å²) in [6.07, 6.45) is 6.24. The van der Waals surface area contributed by atoms with Crippen LogP contribution in [0.4, 0.5) is 0 Å². The second-order valence-electron chi connectivity index (χ2n) is 3.94. The van der Waals surface area contributed by atoms with Gasteiger partial charge in [0.1, 0.15) is 9.88 Å². The molecule has 0 fully saturated rings. The molecule has 0 amide bonds. The number of pyridine rings is 1. The number of nitrogens with one attached hydrogen (secondary N) is 1. The fourth-order valence-corrected chi connectivity index (χ4v) is 2.58. The van der Waals surface area contributed by atoms with E-state index >= 15 is 0 Å². The zero-order chi connectivity index (χ0) is 14.6. The standard InChI is InChI=1S/C11H13N5O2S2/c12-11(19)10-2-1-9(7-14-10)20(17,18)15-4-6-16-5-3-13-8-16/h1-3,5,7-8,15H,4,6H2,(H2,12,19).